The van der Waals surface area contributed by atoms with Crippen molar-refractivity contribution in [1.82, 2.24) is 4.90 Å². The quantitative estimate of drug-likeness (QED) is 0.356. The van der Waals surface area contributed by atoms with Crippen LogP contribution in [-0.4, -0.2) is 36.7 Å². The van der Waals surface area contributed by atoms with E-state index in [-0.39, 0.29) is 23.9 Å². The van der Waals surface area contributed by atoms with E-state index in [1.807, 2.05) is 43.3 Å². The summed E-state index contributed by atoms with van der Waals surface area (Å²) in [5.74, 6) is -1.33. The molecule has 9 heteroatoms. The van der Waals surface area contributed by atoms with Crippen molar-refractivity contribution in [1.29, 1.82) is 5.26 Å². The highest BCUT2D eigenvalue weighted by Crippen LogP contribution is 2.35. The number of nitriles is 1. The van der Waals surface area contributed by atoms with E-state index in [1.165, 1.54) is 6.07 Å². The molecule has 0 saturated carbocycles. The van der Waals surface area contributed by atoms with Gasteiger partial charge < -0.3 is 10.1 Å². The lowest BCUT2D eigenvalue weighted by molar-refractivity contribution is -0.139. The van der Waals surface area contributed by atoms with Gasteiger partial charge in [0.25, 0.3) is 0 Å². The third-order valence-electron chi connectivity index (χ3n) is 6.21. The minimum atomic E-state index is -4.76. The third kappa shape index (κ3) is 5.81. The molecule has 1 aliphatic heterocycles. The molecule has 1 aliphatic rings. The number of rotatable bonds is 7. The van der Waals surface area contributed by atoms with Crippen molar-refractivity contribution >= 4 is 17.3 Å². The van der Waals surface area contributed by atoms with Crippen LogP contribution in [-0.2, 0) is 10.9 Å². The molecule has 0 aliphatic carbocycles. The zero-order valence-electron chi connectivity index (χ0n) is 19.4. The zero-order chi connectivity index (χ0) is 25.9. The Morgan fingerprint density at radius 1 is 1.06 bits per heavy atom. The van der Waals surface area contributed by atoms with Crippen LogP contribution in [0.1, 0.15) is 35.2 Å². The van der Waals surface area contributed by atoms with E-state index in [4.69, 9.17) is 16.3 Å². The second-order valence-electron chi connectivity index (χ2n) is 8.58. The van der Waals surface area contributed by atoms with E-state index in [2.05, 4.69) is 16.3 Å². The van der Waals surface area contributed by atoms with Gasteiger partial charge in [-0.3, -0.25) is 4.90 Å². The predicted octanol–water partition coefficient (Wildman–Crippen LogP) is 6.66. The largest absolute Gasteiger partial charge is 0.419 e. The van der Waals surface area contributed by atoms with Crippen molar-refractivity contribution < 1.29 is 22.3 Å². The van der Waals surface area contributed by atoms with Crippen molar-refractivity contribution in [2.75, 3.05) is 25.0 Å². The maximum atomic E-state index is 14.2. The molecule has 2 unspecified atom stereocenters. The molecule has 36 heavy (non-hydrogen) atoms. The minimum Gasteiger partial charge on any atom is -0.378 e. The Kier molecular flexibility index (Phi) is 7.84. The average Bonchev–Trinajstić information content (AvgIpc) is 3.22. The molecule has 4 nitrogen and oxygen atoms in total. The molecule has 0 bridgehead atoms. The molecular formula is C27H24ClF4N3O. The summed E-state index contributed by atoms with van der Waals surface area (Å²) >= 11 is 6.11. The highest BCUT2D eigenvalue weighted by atomic mass is 35.5. The van der Waals surface area contributed by atoms with E-state index < -0.39 is 17.6 Å². The van der Waals surface area contributed by atoms with Crippen LogP contribution in [0.5, 0.6) is 0 Å². The minimum absolute atomic E-state index is 0.186. The number of ether oxygens (including phenoxy) is 1. The maximum absolute atomic E-state index is 14.2. The fourth-order valence-electron chi connectivity index (χ4n) is 4.58. The van der Waals surface area contributed by atoms with Crippen LogP contribution in [0.4, 0.5) is 23.2 Å². The van der Waals surface area contributed by atoms with Gasteiger partial charge in [-0.05, 0) is 60.5 Å². The lowest BCUT2D eigenvalue weighted by Crippen LogP contribution is -2.34. The molecule has 0 spiro atoms. The van der Waals surface area contributed by atoms with Crippen molar-refractivity contribution in [2.24, 2.45) is 0 Å². The van der Waals surface area contributed by atoms with Gasteiger partial charge in [0, 0.05) is 30.4 Å². The van der Waals surface area contributed by atoms with Crippen molar-refractivity contribution in [3.05, 3.63) is 99.8 Å². The van der Waals surface area contributed by atoms with Crippen LogP contribution in [0.3, 0.4) is 0 Å². The van der Waals surface area contributed by atoms with Crippen LogP contribution < -0.4 is 5.32 Å². The molecule has 4 rings (SSSR count). The summed E-state index contributed by atoms with van der Waals surface area (Å²) in [6.07, 6.45) is -5.04. The molecule has 1 saturated heterocycles. The number of hydrogen-bond donors (Lipinski definition) is 1. The standard InChI is InChI=1S/C27H24ClF4N3O/c1-2-36-25-16-35(15-24(25)34-21-11-12-22(23(29)13-21)27(30,31)32)26(19-7-9-20(28)10-8-19)18-5-3-17(14-33)4-6-18/h3-13,24-26,34H,2,15-16H2,1H3/t24?,25?,26-/m0/s1. The maximum Gasteiger partial charge on any atom is 0.419 e. The Labute approximate surface area is 212 Å². The lowest BCUT2D eigenvalue weighted by Gasteiger charge is -2.29. The van der Waals surface area contributed by atoms with Gasteiger partial charge in [-0.2, -0.15) is 18.4 Å². The number of hydrogen-bond acceptors (Lipinski definition) is 4. The summed E-state index contributed by atoms with van der Waals surface area (Å²) in [5, 5.41) is 13.0. The van der Waals surface area contributed by atoms with E-state index in [9.17, 15) is 22.8 Å². The summed E-state index contributed by atoms with van der Waals surface area (Å²) in [4.78, 5) is 2.20. The van der Waals surface area contributed by atoms with Crippen molar-refractivity contribution in [3.63, 3.8) is 0 Å². The summed E-state index contributed by atoms with van der Waals surface area (Å²) < 4.78 is 59.0. The summed E-state index contributed by atoms with van der Waals surface area (Å²) in [6, 6.07) is 19.3. The molecule has 0 aromatic heterocycles. The summed E-state index contributed by atoms with van der Waals surface area (Å²) in [5.41, 5.74) is 1.45. The van der Waals surface area contributed by atoms with Gasteiger partial charge in [0.15, 0.2) is 0 Å². The second kappa shape index (κ2) is 10.9. The molecule has 0 amide bonds. The third-order valence-corrected chi connectivity index (χ3v) is 6.46. The monoisotopic (exact) mass is 517 g/mol. The van der Waals surface area contributed by atoms with E-state index in [1.54, 1.807) is 12.1 Å². The van der Waals surface area contributed by atoms with Crippen LogP contribution >= 0.6 is 11.6 Å². The number of halogens is 5. The number of alkyl halides is 3. The number of likely N-dealkylation sites (tertiary alicyclic amines) is 1. The molecule has 3 aromatic carbocycles. The number of anilines is 1. The highest BCUT2D eigenvalue weighted by Gasteiger charge is 2.38. The number of nitrogens with zero attached hydrogens (tertiary/aromatic N) is 2. The molecule has 1 fully saturated rings. The first-order chi connectivity index (χ1) is 17.2. The molecular weight excluding hydrogens is 494 g/mol. The van der Waals surface area contributed by atoms with Crippen molar-refractivity contribution in [2.45, 2.75) is 31.3 Å². The van der Waals surface area contributed by atoms with Crippen LogP contribution in [0.25, 0.3) is 0 Å². The van der Waals surface area contributed by atoms with E-state index >= 15 is 0 Å². The fourth-order valence-corrected chi connectivity index (χ4v) is 4.71. The van der Waals surface area contributed by atoms with E-state index in [0.29, 0.717) is 30.3 Å². The van der Waals surface area contributed by atoms with Gasteiger partial charge in [-0.1, -0.05) is 35.9 Å². The Morgan fingerprint density at radius 3 is 2.25 bits per heavy atom. The van der Waals surface area contributed by atoms with Gasteiger partial charge in [-0.15, -0.1) is 0 Å². The Bertz CT molecular complexity index is 1230. The smallest absolute Gasteiger partial charge is 0.378 e. The molecule has 0 radical (unpaired) electrons. The predicted molar refractivity (Wildman–Crippen MR) is 130 cm³/mol. The van der Waals surface area contributed by atoms with Crippen molar-refractivity contribution in [3.8, 4) is 6.07 Å². The Morgan fingerprint density at radius 2 is 1.69 bits per heavy atom. The molecule has 1 N–H and O–H groups in total. The SMILES string of the molecule is CCOC1CN([C@H](c2ccc(Cl)cc2)c2ccc(C#N)cc2)CC1Nc1ccc(C(F)(F)F)c(F)c1. The first-order valence-corrected chi connectivity index (χ1v) is 11.8. The fraction of sp³-hybridized carbons (Fsp3) is 0.296. The van der Waals surface area contributed by atoms with Crippen LogP contribution in [0.15, 0.2) is 66.7 Å². The first kappa shape index (κ1) is 26.0. The highest BCUT2D eigenvalue weighted by molar-refractivity contribution is 6.30. The molecule has 1 heterocycles. The summed E-state index contributed by atoms with van der Waals surface area (Å²) in [6.45, 7) is 3.33. The molecule has 3 atom stereocenters. The normalized spacial score (nSPS) is 19.1. The number of benzene rings is 3. The van der Waals surface area contributed by atoms with Crippen LogP contribution in [0.2, 0.25) is 5.02 Å². The number of nitrogens with one attached hydrogen (secondary N) is 1. The first-order valence-electron chi connectivity index (χ1n) is 11.4. The van der Waals surface area contributed by atoms with Gasteiger partial charge in [0.2, 0.25) is 0 Å². The summed E-state index contributed by atoms with van der Waals surface area (Å²) in [7, 11) is 0. The lowest BCUT2D eigenvalue weighted by atomic mass is 9.96. The second-order valence-corrected chi connectivity index (χ2v) is 9.02. The molecule has 188 valence electrons. The Balaban J connectivity index is 1.63. The van der Waals surface area contributed by atoms with Gasteiger partial charge in [-0.25, -0.2) is 4.39 Å². The zero-order valence-corrected chi connectivity index (χ0v) is 20.2. The van der Waals surface area contributed by atoms with Gasteiger partial charge in [0.05, 0.1) is 35.4 Å². The Hall–Kier alpha value is -3.12. The van der Waals surface area contributed by atoms with Crippen LogP contribution in [0, 0.1) is 17.1 Å². The average molecular weight is 518 g/mol. The molecule has 3 aromatic rings. The van der Waals surface area contributed by atoms with E-state index in [0.717, 1.165) is 23.3 Å². The topological polar surface area (TPSA) is 48.3 Å². The van der Waals surface area contributed by atoms with Gasteiger partial charge in [0.1, 0.15) is 5.82 Å². The van der Waals surface area contributed by atoms with Gasteiger partial charge >= 0.3 is 6.18 Å².